The number of benzene rings is 6. The van der Waals surface area contributed by atoms with Crippen LogP contribution in [0.4, 0.5) is 0 Å². The number of hydrogen-bond acceptors (Lipinski definition) is 2. The molecule has 9 aromatic rings. The summed E-state index contributed by atoms with van der Waals surface area (Å²) in [6.45, 7) is 32.2. The molecule has 0 aliphatic carbocycles. The van der Waals surface area contributed by atoms with E-state index >= 15 is 0 Å². The molecule has 0 atom stereocenters. The third-order valence-electron chi connectivity index (χ3n) is 13.3. The van der Waals surface area contributed by atoms with Gasteiger partial charge in [-0.3, -0.25) is 4.57 Å². The van der Waals surface area contributed by atoms with E-state index in [9.17, 15) is 0 Å². The maximum Gasteiger partial charge on any atom is 0.267 e. The van der Waals surface area contributed by atoms with Gasteiger partial charge < -0.3 is 13.9 Å². The molecule has 0 N–H and O–H groups in total. The summed E-state index contributed by atoms with van der Waals surface area (Å²) in [6.07, 6.45) is 5.86. The predicted molar refractivity (Wildman–Crippen MR) is 281 cm³/mol. The van der Waals surface area contributed by atoms with Gasteiger partial charge >= 0.3 is 0 Å². The molecule has 0 aliphatic heterocycles. The van der Waals surface area contributed by atoms with Gasteiger partial charge in [0.25, 0.3) is 6.33 Å². The van der Waals surface area contributed by atoms with Crippen LogP contribution < -0.4 is 9.30 Å². The number of aromatic nitrogens is 4. The molecule has 0 fully saturated rings. The van der Waals surface area contributed by atoms with E-state index in [0.717, 1.165) is 50.1 Å². The molecule has 0 saturated heterocycles. The Bertz CT molecular complexity index is 3280. The van der Waals surface area contributed by atoms with Crippen LogP contribution in [-0.2, 0) is 48.1 Å². The van der Waals surface area contributed by atoms with Gasteiger partial charge in [-0.25, -0.2) is 4.98 Å². The summed E-state index contributed by atoms with van der Waals surface area (Å²) in [5.74, 6) is 2.00. The van der Waals surface area contributed by atoms with Crippen LogP contribution in [0.15, 0.2) is 146 Å². The SMILES string of the molecule is CC(C)(C)c1cc(-[n+]2[c-]n(-c3[c-]c(Oc4[c-]c5c(cc4)c4ccccc4n5-c4cc(C(C)(C)c5ccccc5)ccn4)cc(-c4ccccc4)c3)c(C(C)(C)C)c2C(C)(C)C)cc(C(C)(C)C)c1.[Pt]. The molecule has 0 bridgehead atoms. The standard InChI is InChI=1S/C63H66N4O.Pt/c1-59(2,3)46-35-47(60(4,5)6)37-49(36-46)66-41-65(57(61(7,8)9)58(66)62(10,11)12)48-33-43(42-23-17-15-18-24-42)34-51(39-48)68-50-29-30-53-52-27-21-22-28-54(52)67(55(53)40-50)56-38-45(31-32-64-56)63(13,14)44-25-19-16-20-26-44;/h15-38H,1-14H3;/q-2;. The van der Waals surface area contributed by atoms with E-state index in [1.165, 1.54) is 33.6 Å². The smallest absolute Gasteiger partial charge is 0.267 e. The molecule has 0 spiro atoms. The van der Waals surface area contributed by atoms with Crippen molar-refractivity contribution in [2.75, 3.05) is 0 Å². The maximum atomic E-state index is 6.98. The van der Waals surface area contributed by atoms with Crippen LogP contribution in [0.1, 0.15) is 131 Å². The Morgan fingerprint density at radius 3 is 1.75 bits per heavy atom. The van der Waals surface area contributed by atoms with E-state index in [-0.39, 0.29) is 48.1 Å². The molecule has 356 valence electrons. The Morgan fingerprint density at radius 2 is 1.13 bits per heavy atom. The van der Waals surface area contributed by atoms with Crippen LogP contribution in [0, 0.1) is 18.5 Å². The minimum atomic E-state index is -0.273. The normalized spacial score (nSPS) is 12.7. The molecule has 0 radical (unpaired) electrons. The first-order valence-corrected chi connectivity index (χ1v) is 24.0. The van der Waals surface area contributed by atoms with Crippen LogP contribution >= 0.6 is 0 Å². The number of hydrogen-bond donors (Lipinski definition) is 0. The van der Waals surface area contributed by atoms with Gasteiger partial charge in [-0.15, -0.1) is 35.2 Å². The molecule has 3 aromatic heterocycles. The molecule has 9 rings (SSSR count). The Labute approximate surface area is 425 Å². The topological polar surface area (TPSA) is 35.9 Å². The first-order chi connectivity index (χ1) is 32.0. The molecule has 6 aromatic carbocycles. The third-order valence-corrected chi connectivity index (χ3v) is 13.3. The second-order valence-electron chi connectivity index (χ2n) is 23.2. The zero-order valence-corrected chi connectivity index (χ0v) is 45.1. The van der Waals surface area contributed by atoms with Crippen LogP contribution in [0.5, 0.6) is 11.5 Å². The van der Waals surface area contributed by atoms with Crippen molar-refractivity contribution in [3.63, 3.8) is 0 Å². The number of fused-ring (bicyclic) bond motifs is 3. The second-order valence-corrected chi connectivity index (χ2v) is 23.2. The number of ether oxygens (including phenoxy) is 1. The van der Waals surface area contributed by atoms with Gasteiger partial charge in [0.1, 0.15) is 5.82 Å². The van der Waals surface area contributed by atoms with Crippen molar-refractivity contribution in [2.45, 2.75) is 124 Å². The van der Waals surface area contributed by atoms with Gasteiger partial charge in [-0.05, 0) is 90.9 Å². The maximum absolute atomic E-state index is 6.98. The molecule has 6 heteroatoms. The molecule has 3 heterocycles. The van der Waals surface area contributed by atoms with Crippen molar-refractivity contribution in [3.05, 3.63) is 198 Å². The van der Waals surface area contributed by atoms with Crippen molar-refractivity contribution >= 4 is 21.8 Å². The predicted octanol–water partition coefficient (Wildman–Crippen LogP) is 15.6. The van der Waals surface area contributed by atoms with Crippen LogP contribution in [-0.4, -0.2) is 14.1 Å². The minimum Gasteiger partial charge on any atom is -0.510 e. The minimum absolute atomic E-state index is 0. The van der Waals surface area contributed by atoms with Gasteiger partial charge in [0.2, 0.25) is 0 Å². The first kappa shape index (κ1) is 49.4. The van der Waals surface area contributed by atoms with E-state index in [4.69, 9.17) is 9.72 Å². The molecule has 0 amide bonds. The average molecular weight is 1090 g/mol. The fourth-order valence-electron chi connectivity index (χ4n) is 9.50. The van der Waals surface area contributed by atoms with E-state index in [1.807, 2.05) is 12.3 Å². The number of pyridine rings is 1. The quantitative estimate of drug-likeness (QED) is 0.112. The zero-order valence-electron chi connectivity index (χ0n) is 42.9. The molecule has 69 heavy (non-hydrogen) atoms. The fourth-order valence-corrected chi connectivity index (χ4v) is 9.50. The largest absolute Gasteiger partial charge is 0.510 e. The van der Waals surface area contributed by atoms with Crippen molar-refractivity contribution in [3.8, 4) is 39.8 Å². The average Bonchev–Trinajstić information content (AvgIpc) is 3.87. The Kier molecular flexibility index (Phi) is 12.9. The molecule has 0 saturated carbocycles. The van der Waals surface area contributed by atoms with E-state index in [0.29, 0.717) is 11.5 Å². The third kappa shape index (κ3) is 9.65. The molecular weight excluding hydrogens is 1020 g/mol. The van der Waals surface area contributed by atoms with E-state index < -0.39 is 0 Å². The van der Waals surface area contributed by atoms with E-state index in [2.05, 4.69) is 263 Å². The Hall–Kier alpha value is -6.03. The van der Waals surface area contributed by atoms with Crippen molar-refractivity contribution in [2.24, 2.45) is 0 Å². The summed E-state index contributed by atoms with van der Waals surface area (Å²) >= 11 is 0. The van der Waals surface area contributed by atoms with Gasteiger partial charge in [0.15, 0.2) is 0 Å². The van der Waals surface area contributed by atoms with Crippen LogP contribution in [0.3, 0.4) is 0 Å². The van der Waals surface area contributed by atoms with E-state index in [1.54, 1.807) is 0 Å². The summed E-state index contributed by atoms with van der Waals surface area (Å²) in [7, 11) is 0. The van der Waals surface area contributed by atoms with Crippen molar-refractivity contribution in [1.29, 1.82) is 0 Å². The monoisotopic (exact) mass is 1090 g/mol. The number of rotatable bonds is 8. The summed E-state index contributed by atoms with van der Waals surface area (Å²) < 4.78 is 13.7. The second kappa shape index (κ2) is 18.0. The Balaban J connectivity index is 0.00000642. The molecule has 0 aliphatic rings. The first-order valence-electron chi connectivity index (χ1n) is 24.0. The van der Waals surface area contributed by atoms with Gasteiger partial charge in [0, 0.05) is 49.7 Å². The molecular formula is C63H66N4OPt-2. The molecule has 0 unspecified atom stereocenters. The van der Waals surface area contributed by atoms with Gasteiger partial charge in [-0.1, -0.05) is 187 Å². The van der Waals surface area contributed by atoms with Gasteiger partial charge in [0.05, 0.1) is 17.1 Å². The molecule has 5 nitrogen and oxygen atoms in total. The summed E-state index contributed by atoms with van der Waals surface area (Å²) in [6, 6.07) is 57.1. The number of para-hydroxylation sites is 1. The van der Waals surface area contributed by atoms with Crippen LogP contribution in [0.2, 0.25) is 0 Å². The number of imidazole rings is 1. The van der Waals surface area contributed by atoms with Gasteiger partial charge in [-0.2, -0.15) is 12.1 Å². The summed E-state index contributed by atoms with van der Waals surface area (Å²) in [5.41, 5.74) is 12.5. The number of nitrogens with zero attached hydrogens (tertiary/aromatic N) is 4. The van der Waals surface area contributed by atoms with Crippen molar-refractivity contribution in [1.82, 2.24) is 14.1 Å². The zero-order chi connectivity index (χ0) is 48.6. The fraction of sp³-hybridized carbons (Fsp3) is 0.302. The van der Waals surface area contributed by atoms with Crippen LogP contribution in [0.25, 0.3) is 50.1 Å². The summed E-state index contributed by atoms with van der Waals surface area (Å²) in [5, 5.41) is 2.20. The summed E-state index contributed by atoms with van der Waals surface area (Å²) in [4.78, 5) is 4.99. The van der Waals surface area contributed by atoms with Crippen molar-refractivity contribution < 1.29 is 30.4 Å². The Morgan fingerprint density at radius 1 is 0.507 bits per heavy atom.